The monoisotopic (exact) mass is 425 g/mol. The first-order valence-electron chi connectivity index (χ1n) is 10.5. The van der Waals surface area contributed by atoms with Crippen molar-refractivity contribution < 1.29 is 9.18 Å². The number of hydrogen-bond donors (Lipinski definition) is 3. The second-order valence-corrected chi connectivity index (χ2v) is 8.51. The molecule has 164 valence electrons. The largest absolute Gasteiger partial charge is 0.348 e. The van der Waals surface area contributed by atoms with Crippen molar-refractivity contribution in [2.24, 2.45) is 0 Å². The molecule has 0 aromatic carbocycles. The molecule has 0 aliphatic heterocycles. The summed E-state index contributed by atoms with van der Waals surface area (Å²) >= 11 is 0. The van der Waals surface area contributed by atoms with E-state index >= 15 is 0 Å². The fraction of sp³-hybridized carbons (Fsp3) is 0.455. The number of hydrogen-bond acceptors (Lipinski definition) is 5. The number of nitrogens with zero attached hydrogens (tertiary/aromatic N) is 4. The molecule has 1 fully saturated rings. The zero-order chi connectivity index (χ0) is 22.0. The number of rotatable bonds is 7. The summed E-state index contributed by atoms with van der Waals surface area (Å²) in [7, 11) is 0. The van der Waals surface area contributed by atoms with E-state index < -0.39 is 5.67 Å². The van der Waals surface area contributed by atoms with Gasteiger partial charge in [0, 0.05) is 36.4 Å². The summed E-state index contributed by atoms with van der Waals surface area (Å²) in [4.78, 5) is 21.6. The van der Waals surface area contributed by atoms with Crippen molar-refractivity contribution in [3.63, 3.8) is 0 Å². The van der Waals surface area contributed by atoms with E-state index in [2.05, 4.69) is 37.4 Å². The van der Waals surface area contributed by atoms with Gasteiger partial charge < -0.3 is 10.6 Å². The van der Waals surface area contributed by atoms with E-state index in [9.17, 15) is 9.18 Å². The zero-order valence-corrected chi connectivity index (χ0v) is 17.9. The number of aromatic nitrogens is 5. The molecule has 3 aromatic rings. The number of nitrogens with one attached hydrogen (secondary N) is 3. The Hall–Kier alpha value is -3.07. The molecule has 0 bridgehead atoms. The standard InChI is InChI=1S/C22H28FN7O/c1-14(2)22(3,23)12-25-16-4-6-17(7-5-16)27-21(31)20-19-15(11-26-29-19)10-18(28-20)30-9-8-24-13-30/h8-11,13,16-17,25H,1,4-7,12H2,2-3H3,(H,26,29)(H,27,31). The Balaban J connectivity index is 1.39. The smallest absolute Gasteiger partial charge is 0.272 e. The topological polar surface area (TPSA) is 101 Å². The fourth-order valence-electron chi connectivity index (χ4n) is 3.81. The van der Waals surface area contributed by atoms with Crippen LogP contribution in [0, 0.1) is 0 Å². The molecule has 4 rings (SSSR count). The van der Waals surface area contributed by atoms with E-state index in [0.717, 1.165) is 31.1 Å². The maximum atomic E-state index is 14.4. The molecular formula is C22H28FN7O. The van der Waals surface area contributed by atoms with E-state index in [1.165, 1.54) is 0 Å². The van der Waals surface area contributed by atoms with Gasteiger partial charge in [-0.25, -0.2) is 14.4 Å². The Kier molecular flexibility index (Phi) is 5.86. The van der Waals surface area contributed by atoms with E-state index in [4.69, 9.17) is 0 Å². The van der Waals surface area contributed by atoms with Gasteiger partial charge in [-0.05, 0) is 51.2 Å². The predicted molar refractivity (Wildman–Crippen MR) is 117 cm³/mol. The summed E-state index contributed by atoms with van der Waals surface area (Å²) in [6, 6.07) is 2.15. The predicted octanol–water partition coefficient (Wildman–Crippen LogP) is 3.08. The third-order valence-electron chi connectivity index (χ3n) is 6.08. The lowest BCUT2D eigenvalue weighted by Crippen LogP contribution is -2.45. The van der Waals surface area contributed by atoms with Crippen LogP contribution in [0.2, 0.25) is 0 Å². The van der Waals surface area contributed by atoms with Crippen molar-refractivity contribution in [1.82, 2.24) is 35.4 Å². The molecular weight excluding hydrogens is 397 g/mol. The Labute approximate surface area is 180 Å². The third-order valence-corrected chi connectivity index (χ3v) is 6.08. The molecule has 1 amide bonds. The Morgan fingerprint density at radius 2 is 2.10 bits per heavy atom. The van der Waals surface area contributed by atoms with Gasteiger partial charge in [-0.1, -0.05) is 6.58 Å². The van der Waals surface area contributed by atoms with Crippen LogP contribution in [0.3, 0.4) is 0 Å². The molecule has 0 saturated heterocycles. The van der Waals surface area contributed by atoms with Crippen LogP contribution in [0.1, 0.15) is 50.0 Å². The lowest BCUT2D eigenvalue weighted by Gasteiger charge is -2.32. The molecule has 3 N–H and O–H groups in total. The molecule has 3 heterocycles. The van der Waals surface area contributed by atoms with E-state index in [-0.39, 0.29) is 24.5 Å². The quantitative estimate of drug-likeness (QED) is 0.505. The fourth-order valence-corrected chi connectivity index (χ4v) is 3.81. The maximum absolute atomic E-state index is 14.4. The molecule has 0 spiro atoms. The van der Waals surface area contributed by atoms with Crippen LogP contribution in [0.15, 0.2) is 43.1 Å². The van der Waals surface area contributed by atoms with Crippen LogP contribution >= 0.6 is 0 Å². The van der Waals surface area contributed by atoms with Crippen LogP contribution in [-0.2, 0) is 0 Å². The summed E-state index contributed by atoms with van der Waals surface area (Å²) in [5, 5.41) is 14.2. The molecule has 1 aliphatic carbocycles. The first-order valence-corrected chi connectivity index (χ1v) is 10.5. The molecule has 1 unspecified atom stereocenters. The van der Waals surface area contributed by atoms with Crippen molar-refractivity contribution in [1.29, 1.82) is 0 Å². The molecule has 9 heteroatoms. The lowest BCUT2D eigenvalue weighted by molar-refractivity contribution is 0.0920. The van der Waals surface area contributed by atoms with Crippen molar-refractivity contribution in [3.8, 4) is 5.82 Å². The summed E-state index contributed by atoms with van der Waals surface area (Å²) < 4.78 is 16.2. The van der Waals surface area contributed by atoms with Crippen LogP contribution in [0.4, 0.5) is 4.39 Å². The zero-order valence-electron chi connectivity index (χ0n) is 17.9. The molecule has 3 aromatic heterocycles. The van der Waals surface area contributed by atoms with Gasteiger partial charge >= 0.3 is 0 Å². The second kappa shape index (κ2) is 8.58. The maximum Gasteiger partial charge on any atom is 0.272 e. The number of carbonyl (C=O) groups excluding carboxylic acids is 1. The number of imidazole rings is 1. The van der Waals surface area contributed by atoms with E-state index in [1.54, 1.807) is 43.3 Å². The number of amides is 1. The van der Waals surface area contributed by atoms with Gasteiger partial charge in [0.1, 0.15) is 17.8 Å². The molecule has 8 nitrogen and oxygen atoms in total. The SMILES string of the molecule is C=C(C)C(C)(F)CNC1CCC(NC(=O)c2nc(-n3ccnc3)cc3cn[nH]c23)CC1. The second-order valence-electron chi connectivity index (χ2n) is 8.51. The summed E-state index contributed by atoms with van der Waals surface area (Å²) in [5.74, 6) is 0.377. The number of halogens is 1. The number of fused-ring (bicyclic) bond motifs is 1. The summed E-state index contributed by atoms with van der Waals surface area (Å²) in [5.41, 5.74) is 0.0377. The molecule has 31 heavy (non-hydrogen) atoms. The Morgan fingerprint density at radius 3 is 2.77 bits per heavy atom. The highest BCUT2D eigenvalue weighted by Crippen LogP contribution is 2.23. The van der Waals surface area contributed by atoms with Gasteiger partial charge in [-0.15, -0.1) is 0 Å². The van der Waals surface area contributed by atoms with Gasteiger partial charge in [-0.2, -0.15) is 5.10 Å². The minimum atomic E-state index is -1.41. The number of aromatic amines is 1. The van der Waals surface area contributed by atoms with Crippen LogP contribution in [0.25, 0.3) is 16.7 Å². The van der Waals surface area contributed by atoms with E-state index in [0.29, 0.717) is 22.6 Å². The molecule has 0 radical (unpaired) electrons. The van der Waals surface area contributed by atoms with Crippen LogP contribution < -0.4 is 10.6 Å². The Morgan fingerprint density at radius 1 is 1.35 bits per heavy atom. The third kappa shape index (κ3) is 4.66. The highest BCUT2D eigenvalue weighted by Gasteiger charge is 2.28. The summed E-state index contributed by atoms with van der Waals surface area (Å²) in [6.07, 6.45) is 10.2. The van der Waals surface area contributed by atoms with Gasteiger partial charge in [0.2, 0.25) is 0 Å². The first-order chi connectivity index (χ1) is 14.8. The molecule has 1 atom stereocenters. The highest BCUT2D eigenvalue weighted by atomic mass is 19.1. The Bertz CT molecular complexity index is 1060. The highest BCUT2D eigenvalue weighted by molar-refractivity contribution is 6.04. The van der Waals surface area contributed by atoms with E-state index in [1.807, 2.05) is 6.07 Å². The summed E-state index contributed by atoms with van der Waals surface area (Å²) in [6.45, 7) is 7.24. The minimum Gasteiger partial charge on any atom is -0.348 e. The molecule has 1 saturated carbocycles. The lowest BCUT2D eigenvalue weighted by atomic mass is 9.90. The number of alkyl halides is 1. The average Bonchev–Trinajstić information content (AvgIpc) is 3.44. The van der Waals surface area contributed by atoms with Crippen LogP contribution in [0.5, 0.6) is 0 Å². The van der Waals surface area contributed by atoms with Gasteiger partial charge in [0.25, 0.3) is 5.91 Å². The number of pyridine rings is 1. The van der Waals surface area contributed by atoms with Crippen molar-refractivity contribution in [3.05, 3.63) is 48.8 Å². The molecule has 1 aliphatic rings. The van der Waals surface area contributed by atoms with Gasteiger partial charge in [0.15, 0.2) is 5.69 Å². The normalized spacial score (nSPS) is 21.0. The first kappa shape index (κ1) is 21.2. The van der Waals surface area contributed by atoms with Crippen molar-refractivity contribution in [2.45, 2.75) is 57.3 Å². The number of H-pyrrole nitrogens is 1. The van der Waals surface area contributed by atoms with Gasteiger partial charge in [-0.3, -0.25) is 14.5 Å². The van der Waals surface area contributed by atoms with Crippen LogP contribution in [-0.4, -0.2) is 54.9 Å². The number of carbonyl (C=O) groups is 1. The minimum absolute atomic E-state index is 0.0557. The average molecular weight is 426 g/mol. The van der Waals surface area contributed by atoms with Crippen molar-refractivity contribution in [2.75, 3.05) is 6.54 Å². The van der Waals surface area contributed by atoms with Gasteiger partial charge in [0.05, 0.1) is 11.7 Å². The van der Waals surface area contributed by atoms with Crippen molar-refractivity contribution >= 4 is 16.8 Å².